The Morgan fingerprint density at radius 2 is 1.52 bits per heavy atom. The van der Waals surface area contributed by atoms with Gasteiger partial charge in [0.15, 0.2) is 30.7 Å². The largest absolute Gasteiger partial charge is 0.415 e. The zero-order valence-electron chi connectivity index (χ0n) is 20.5. The molecule has 0 fully saturated rings. The first-order chi connectivity index (χ1) is 13.1. The number of carbonyl (C=O) groups excluding carboxylic acids is 1. The van der Waals surface area contributed by atoms with Gasteiger partial charge in [-0.2, -0.15) is 0 Å². The molecule has 29 heavy (non-hydrogen) atoms. The van der Waals surface area contributed by atoms with Crippen LogP contribution in [0.25, 0.3) is 0 Å². The monoisotopic (exact) mass is 458 g/mol. The fourth-order valence-corrected chi connectivity index (χ4v) is 6.43. The Morgan fingerprint density at radius 3 is 2.07 bits per heavy atom. The van der Waals surface area contributed by atoms with Gasteiger partial charge in [-0.15, -0.1) is 0 Å². The highest BCUT2D eigenvalue weighted by atomic mass is 28.4. The zero-order chi connectivity index (χ0) is 22.3. The van der Waals surface area contributed by atoms with Crippen LogP contribution in [0.1, 0.15) is 44.9 Å². The lowest BCUT2D eigenvalue weighted by Crippen LogP contribution is -2.38. The highest BCUT2D eigenvalue weighted by Gasteiger charge is 2.28. The minimum absolute atomic E-state index is 0.0232. The van der Waals surface area contributed by atoms with Gasteiger partial charge in [0.2, 0.25) is 0 Å². The van der Waals surface area contributed by atoms with Crippen LogP contribution in [-0.4, -0.2) is 49.6 Å². The molecule has 0 aromatic heterocycles. The highest BCUT2D eigenvalue weighted by molar-refractivity contribution is 6.70. The van der Waals surface area contributed by atoms with Gasteiger partial charge in [0.1, 0.15) is 0 Å². The SMILES string of the molecule is C[Si](C)(C)OCC(CCCCCCC1=C[C@H](O[Si](C)(C)C)CC1=O)O[Si](C)(C)C. The molecule has 1 aliphatic carbocycles. The van der Waals surface area contributed by atoms with Gasteiger partial charge in [0, 0.05) is 6.42 Å². The summed E-state index contributed by atoms with van der Waals surface area (Å²) in [6.07, 6.45) is 9.47. The Balaban J connectivity index is 2.31. The van der Waals surface area contributed by atoms with Gasteiger partial charge in [-0.05, 0) is 89.8 Å². The number of rotatable bonds is 14. The molecule has 0 bridgehead atoms. The maximum Gasteiger partial charge on any atom is 0.184 e. The molecule has 0 N–H and O–H groups in total. The quantitative estimate of drug-likeness (QED) is 0.219. The molecule has 1 aliphatic rings. The van der Waals surface area contributed by atoms with Crippen LogP contribution in [0.3, 0.4) is 0 Å². The number of hydrogen-bond acceptors (Lipinski definition) is 4. The van der Waals surface area contributed by atoms with Crippen molar-refractivity contribution in [3.8, 4) is 0 Å². The molecule has 0 saturated carbocycles. The van der Waals surface area contributed by atoms with Gasteiger partial charge in [0.25, 0.3) is 0 Å². The van der Waals surface area contributed by atoms with E-state index in [1.807, 2.05) is 0 Å². The highest BCUT2D eigenvalue weighted by Crippen LogP contribution is 2.25. The summed E-state index contributed by atoms with van der Waals surface area (Å²) >= 11 is 0. The van der Waals surface area contributed by atoms with Gasteiger partial charge in [-0.3, -0.25) is 4.79 Å². The number of hydrogen-bond donors (Lipinski definition) is 0. The summed E-state index contributed by atoms with van der Waals surface area (Å²) in [5, 5.41) is 0. The van der Waals surface area contributed by atoms with Gasteiger partial charge < -0.3 is 13.3 Å². The lowest BCUT2D eigenvalue weighted by Gasteiger charge is -2.29. The molecular weight excluding hydrogens is 412 g/mol. The van der Waals surface area contributed by atoms with Crippen LogP contribution in [0.5, 0.6) is 0 Å². The Morgan fingerprint density at radius 1 is 0.897 bits per heavy atom. The molecule has 0 heterocycles. The van der Waals surface area contributed by atoms with E-state index in [2.05, 4.69) is 65.0 Å². The van der Waals surface area contributed by atoms with Crippen molar-refractivity contribution in [2.75, 3.05) is 6.61 Å². The van der Waals surface area contributed by atoms with Crippen LogP contribution in [0.2, 0.25) is 58.9 Å². The molecule has 2 atom stereocenters. The summed E-state index contributed by atoms with van der Waals surface area (Å²) in [7, 11) is -4.66. The van der Waals surface area contributed by atoms with Gasteiger partial charge in [-0.25, -0.2) is 0 Å². The molecule has 7 heteroatoms. The van der Waals surface area contributed by atoms with Crippen molar-refractivity contribution in [3.05, 3.63) is 11.6 Å². The number of Topliss-reactive ketones (excluding diaryl/α,β-unsaturated/α-hetero) is 1. The summed E-state index contributed by atoms with van der Waals surface area (Å²) in [4.78, 5) is 12.2. The van der Waals surface area contributed by atoms with Gasteiger partial charge in [-0.1, -0.05) is 19.3 Å². The fourth-order valence-electron chi connectivity index (χ4n) is 3.50. The van der Waals surface area contributed by atoms with E-state index in [-0.39, 0.29) is 12.2 Å². The predicted molar refractivity (Wildman–Crippen MR) is 131 cm³/mol. The molecule has 0 aromatic rings. The van der Waals surface area contributed by atoms with E-state index in [0.29, 0.717) is 12.2 Å². The maximum absolute atomic E-state index is 12.2. The molecule has 4 nitrogen and oxygen atoms in total. The summed E-state index contributed by atoms with van der Waals surface area (Å²) in [5.74, 6) is 0.292. The van der Waals surface area contributed by atoms with Crippen LogP contribution >= 0.6 is 0 Å². The molecule has 0 aliphatic heterocycles. The number of allylic oxidation sites excluding steroid dienone is 1. The minimum Gasteiger partial charge on any atom is -0.415 e. The van der Waals surface area contributed by atoms with E-state index in [1.54, 1.807) is 0 Å². The van der Waals surface area contributed by atoms with Crippen LogP contribution in [0.4, 0.5) is 0 Å². The van der Waals surface area contributed by atoms with E-state index in [1.165, 1.54) is 19.3 Å². The Hall–Kier alpha value is -0.0594. The molecule has 0 aromatic carbocycles. The standard InChI is InChI=1S/C22H46O4Si3/c1-27(2,3)24-18-20(25-28(4,5)6)15-13-11-10-12-14-19-16-21(17-22(19)23)26-29(7,8)9/h16,20-21H,10-15,17-18H2,1-9H3/t20?,21-/m0/s1. The summed E-state index contributed by atoms with van der Waals surface area (Å²) in [6, 6.07) is 0. The molecule has 170 valence electrons. The topological polar surface area (TPSA) is 44.8 Å². The van der Waals surface area contributed by atoms with Crippen molar-refractivity contribution in [1.29, 1.82) is 0 Å². The zero-order valence-corrected chi connectivity index (χ0v) is 23.5. The second kappa shape index (κ2) is 11.5. The summed E-state index contributed by atoms with van der Waals surface area (Å²) < 4.78 is 18.6. The van der Waals surface area contributed by atoms with Crippen molar-refractivity contribution < 1.29 is 18.1 Å². The number of unbranched alkanes of at least 4 members (excludes halogenated alkanes) is 3. The van der Waals surface area contributed by atoms with E-state index in [9.17, 15) is 4.79 Å². The average Bonchev–Trinajstić information content (AvgIpc) is 2.83. The number of carbonyl (C=O) groups is 1. The lowest BCUT2D eigenvalue weighted by atomic mass is 10.0. The number of ketones is 1. The van der Waals surface area contributed by atoms with Crippen LogP contribution in [-0.2, 0) is 18.1 Å². The Bertz CT molecular complexity index is 542. The third-order valence-corrected chi connectivity index (χ3v) is 7.66. The Labute approximate surface area is 183 Å². The van der Waals surface area contributed by atoms with E-state index >= 15 is 0 Å². The van der Waals surface area contributed by atoms with Crippen molar-refractivity contribution in [3.63, 3.8) is 0 Å². The maximum atomic E-state index is 12.2. The molecule has 0 spiro atoms. The first kappa shape index (κ1) is 27.0. The summed E-state index contributed by atoms with van der Waals surface area (Å²) in [5.41, 5.74) is 0.997. The lowest BCUT2D eigenvalue weighted by molar-refractivity contribution is -0.115. The second-order valence-corrected chi connectivity index (χ2v) is 24.8. The van der Waals surface area contributed by atoms with Crippen molar-refractivity contribution >= 4 is 30.7 Å². The van der Waals surface area contributed by atoms with Gasteiger partial charge >= 0.3 is 0 Å². The third-order valence-electron chi connectivity index (χ3n) is 4.58. The van der Waals surface area contributed by atoms with Crippen molar-refractivity contribution in [2.24, 2.45) is 0 Å². The molecule has 0 amide bonds. The van der Waals surface area contributed by atoms with E-state index < -0.39 is 25.0 Å². The van der Waals surface area contributed by atoms with E-state index in [4.69, 9.17) is 13.3 Å². The predicted octanol–water partition coefficient (Wildman–Crippen LogP) is 6.52. The van der Waals surface area contributed by atoms with Crippen LogP contribution in [0, 0.1) is 0 Å². The molecule has 0 radical (unpaired) electrons. The molecule has 1 rings (SSSR count). The Kier molecular flexibility index (Phi) is 10.7. The van der Waals surface area contributed by atoms with Crippen LogP contribution in [0.15, 0.2) is 11.6 Å². The van der Waals surface area contributed by atoms with Crippen molar-refractivity contribution in [1.82, 2.24) is 0 Å². The van der Waals surface area contributed by atoms with Crippen LogP contribution < -0.4 is 0 Å². The molecule has 0 saturated heterocycles. The van der Waals surface area contributed by atoms with E-state index in [0.717, 1.165) is 31.4 Å². The molecular formula is C22H46O4Si3. The second-order valence-electron chi connectivity index (χ2n) is 11.3. The minimum atomic E-state index is -1.59. The normalized spacial score (nSPS) is 19.6. The first-order valence-corrected chi connectivity index (χ1v) is 21.6. The first-order valence-electron chi connectivity index (χ1n) is 11.4. The van der Waals surface area contributed by atoms with Gasteiger partial charge in [0.05, 0.1) is 18.8 Å². The smallest absolute Gasteiger partial charge is 0.184 e. The van der Waals surface area contributed by atoms with Crippen molar-refractivity contribution in [2.45, 2.75) is 116 Å². The third kappa shape index (κ3) is 13.8. The summed E-state index contributed by atoms with van der Waals surface area (Å²) in [6.45, 7) is 20.7. The fraction of sp³-hybridized carbons (Fsp3) is 0.864. The average molecular weight is 459 g/mol. The molecule has 1 unspecified atom stereocenters.